The van der Waals surface area contributed by atoms with Gasteiger partial charge in [0.1, 0.15) is 17.1 Å². The Hall–Kier alpha value is -3.25. The molecule has 0 aliphatic rings. The zero-order chi connectivity index (χ0) is 18.8. The van der Waals surface area contributed by atoms with Crippen LogP contribution >= 0.6 is 11.6 Å². The van der Waals surface area contributed by atoms with Gasteiger partial charge >= 0.3 is 0 Å². The SMILES string of the molecule is Cn1cccc1-c1cc(C(=O)NCc2ccco2)n(-c2ccc(Cl)cc2)n1. The molecule has 0 saturated carbocycles. The van der Waals surface area contributed by atoms with Crippen molar-refractivity contribution in [2.45, 2.75) is 6.54 Å². The summed E-state index contributed by atoms with van der Waals surface area (Å²) in [4.78, 5) is 12.8. The fraction of sp³-hybridized carbons (Fsp3) is 0.100. The molecular weight excluding hydrogens is 364 g/mol. The van der Waals surface area contributed by atoms with Crippen LogP contribution in [0.25, 0.3) is 17.1 Å². The highest BCUT2D eigenvalue weighted by Gasteiger charge is 2.19. The van der Waals surface area contributed by atoms with E-state index < -0.39 is 0 Å². The Labute approximate surface area is 161 Å². The summed E-state index contributed by atoms with van der Waals surface area (Å²) in [6.07, 6.45) is 3.51. The van der Waals surface area contributed by atoms with E-state index in [9.17, 15) is 4.79 Å². The molecular formula is C20H17ClN4O2. The van der Waals surface area contributed by atoms with E-state index in [1.165, 1.54) is 0 Å². The number of rotatable bonds is 5. The maximum Gasteiger partial charge on any atom is 0.270 e. The molecule has 3 aromatic heterocycles. The normalized spacial score (nSPS) is 10.9. The number of amides is 1. The Bertz CT molecular complexity index is 1060. The molecule has 1 aromatic carbocycles. The number of carbonyl (C=O) groups excluding carboxylic acids is 1. The number of hydrogen-bond donors (Lipinski definition) is 1. The highest BCUT2D eigenvalue weighted by molar-refractivity contribution is 6.30. The van der Waals surface area contributed by atoms with E-state index in [2.05, 4.69) is 10.4 Å². The van der Waals surface area contributed by atoms with Crippen molar-refractivity contribution in [2.24, 2.45) is 7.05 Å². The van der Waals surface area contributed by atoms with Gasteiger partial charge in [-0.05, 0) is 54.6 Å². The zero-order valence-corrected chi connectivity index (χ0v) is 15.3. The van der Waals surface area contributed by atoms with Crippen molar-refractivity contribution in [3.8, 4) is 17.1 Å². The predicted octanol–water partition coefficient (Wildman–Crippen LogP) is 4.05. The number of furan rings is 1. The first-order valence-corrected chi connectivity index (χ1v) is 8.78. The molecule has 1 amide bonds. The van der Waals surface area contributed by atoms with Crippen molar-refractivity contribution < 1.29 is 9.21 Å². The van der Waals surface area contributed by atoms with Gasteiger partial charge in [-0.2, -0.15) is 5.10 Å². The number of carbonyl (C=O) groups is 1. The van der Waals surface area contributed by atoms with E-state index in [1.807, 2.05) is 48.1 Å². The molecule has 0 fully saturated rings. The van der Waals surface area contributed by atoms with E-state index in [0.29, 0.717) is 28.7 Å². The minimum atomic E-state index is -0.241. The molecule has 0 aliphatic carbocycles. The fourth-order valence-electron chi connectivity index (χ4n) is 2.85. The molecule has 136 valence electrons. The lowest BCUT2D eigenvalue weighted by atomic mass is 10.2. The monoisotopic (exact) mass is 380 g/mol. The average Bonchev–Trinajstić information content (AvgIpc) is 3.40. The van der Waals surface area contributed by atoms with Gasteiger partial charge in [0, 0.05) is 18.3 Å². The average molecular weight is 381 g/mol. The molecule has 0 atom stereocenters. The summed E-state index contributed by atoms with van der Waals surface area (Å²) >= 11 is 5.99. The first kappa shape index (κ1) is 17.2. The van der Waals surface area contributed by atoms with Gasteiger partial charge in [-0.15, -0.1) is 0 Å². The van der Waals surface area contributed by atoms with Crippen LogP contribution in [0.5, 0.6) is 0 Å². The number of hydrogen-bond acceptors (Lipinski definition) is 3. The Kier molecular flexibility index (Phi) is 4.56. The van der Waals surface area contributed by atoms with Gasteiger partial charge in [-0.25, -0.2) is 4.68 Å². The summed E-state index contributed by atoms with van der Waals surface area (Å²) in [5.74, 6) is 0.442. The van der Waals surface area contributed by atoms with Gasteiger partial charge in [0.25, 0.3) is 5.91 Å². The van der Waals surface area contributed by atoms with Gasteiger partial charge in [-0.1, -0.05) is 11.6 Å². The lowest BCUT2D eigenvalue weighted by Gasteiger charge is -2.07. The Morgan fingerprint density at radius 2 is 2.00 bits per heavy atom. The molecule has 0 bridgehead atoms. The summed E-state index contributed by atoms with van der Waals surface area (Å²) in [5.41, 5.74) is 2.81. The highest BCUT2D eigenvalue weighted by Crippen LogP contribution is 2.23. The fourth-order valence-corrected chi connectivity index (χ4v) is 2.97. The minimum Gasteiger partial charge on any atom is -0.467 e. The number of benzene rings is 1. The van der Waals surface area contributed by atoms with Crippen LogP contribution in [-0.4, -0.2) is 20.3 Å². The first-order valence-electron chi connectivity index (χ1n) is 8.40. The van der Waals surface area contributed by atoms with Crippen LogP contribution in [0.3, 0.4) is 0 Å². The molecule has 0 saturated heterocycles. The van der Waals surface area contributed by atoms with Crippen LogP contribution in [0.1, 0.15) is 16.2 Å². The second kappa shape index (κ2) is 7.17. The topological polar surface area (TPSA) is 65.0 Å². The Morgan fingerprint density at radius 3 is 2.67 bits per heavy atom. The van der Waals surface area contributed by atoms with Crippen molar-refractivity contribution in [1.82, 2.24) is 19.7 Å². The van der Waals surface area contributed by atoms with E-state index in [0.717, 1.165) is 11.4 Å². The maximum atomic E-state index is 12.8. The van der Waals surface area contributed by atoms with E-state index >= 15 is 0 Å². The van der Waals surface area contributed by atoms with Crippen LogP contribution in [0.2, 0.25) is 5.02 Å². The molecule has 0 unspecified atom stereocenters. The van der Waals surface area contributed by atoms with Crippen LogP contribution in [0.15, 0.2) is 71.5 Å². The number of aryl methyl sites for hydroxylation is 1. The van der Waals surface area contributed by atoms with Crippen molar-refractivity contribution >= 4 is 17.5 Å². The summed E-state index contributed by atoms with van der Waals surface area (Å²) in [5, 5.41) is 8.14. The summed E-state index contributed by atoms with van der Waals surface area (Å²) in [6.45, 7) is 0.303. The predicted molar refractivity (Wildman–Crippen MR) is 103 cm³/mol. The van der Waals surface area contributed by atoms with Crippen LogP contribution in [-0.2, 0) is 13.6 Å². The van der Waals surface area contributed by atoms with E-state index in [-0.39, 0.29) is 5.91 Å². The molecule has 7 heteroatoms. The summed E-state index contributed by atoms with van der Waals surface area (Å²) in [7, 11) is 1.94. The molecule has 0 aliphatic heterocycles. The number of aromatic nitrogens is 3. The van der Waals surface area contributed by atoms with Crippen molar-refractivity contribution in [1.29, 1.82) is 0 Å². The standard InChI is InChI=1S/C20H17ClN4O2/c1-24-10-2-5-18(24)17-12-19(20(26)22-13-16-4-3-11-27-16)25(23-17)15-8-6-14(21)7-9-15/h2-12H,13H2,1H3,(H,22,26). The van der Waals surface area contributed by atoms with Crippen molar-refractivity contribution in [2.75, 3.05) is 0 Å². The van der Waals surface area contributed by atoms with Gasteiger partial charge in [-0.3, -0.25) is 4.79 Å². The number of nitrogens with zero attached hydrogens (tertiary/aromatic N) is 3. The second-order valence-corrected chi connectivity index (χ2v) is 6.51. The zero-order valence-electron chi connectivity index (χ0n) is 14.6. The van der Waals surface area contributed by atoms with Crippen molar-refractivity contribution in [3.05, 3.63) is 83.5 Å². The molecule has 6 nitrogen and oxygen atoms in total. The van der Waals surface area contributed by atoms with Gasteiger partial charge in [0.05, 0.1) is 24.2 Å². The largest absolute Gasteiger partial charge is 0.467 e. The second-order valence-electron chi connectivity index (χ2n) is 6.07. The number of halogens is 1. The quantitative estimate of drug-likeness (QED) is 0.568. The lowest BCUT2D eigenvalue weighted by molar-refractivity contribution is 0.0940. The molecule has 4 aromatic rings. The molecule has 0 spiro atoms. The Balaban J connectivity index is 1.71. The van der Waals surface area contributed by atoms with Crippen LogP contribution < -0.4 is 5.32 Å². The first-order chi connectivity index (χ1) is 13.1. The molecule has 27 heavy (non-hydrogen) atoms. The summed E-state index contributed by atoms with van der Waals surface area (Å²) < 4.78 is 8.85. The highest BCUT2D eigenvalue weighted by atomic mass is 35.5. The lowest BCUT2D eigenvalue weighted by Crippen LogP contribution is -2.25. The smallest absolute Gasteiger partial charge is 0.270 e. The minimum absolute atomic E-state index is 0.241. The Morgan fingerprint density at radius 1 is 1.19 bits per heavy atom. The third-order valence-electron chi connectivity index (χ3n) is 4.22. The van der Waals surface area contributed by atoms with Gasteiger partial charge < -0.3 is 14.3 Å². The van der Waals surface area contributed by atoms with Crippen molar-refractivity contribution in [3.63, 3.8) is 0 Å². The van der Waals surface area contributed by atoms with Crippen LogP contribution in [0.4, 0.5) is 0 Å². The van der Waals surface area contributed by atoms with Gasteiger partial charge in [0.15, 0.2) is 0 Å². The van der Waals surface area contributed by atoms with Gasteiger partial charge in [0.2, 0.25) is 0 Å². The third-order valence-corrected chi connectivity index (χ3v) is 4.47. The summed E-state index contributed by atoms with van der Waals surface area (Å²) in [6, 6.07) is 16.5. The van der Waals surface area contributed by atoms with E-state index in [1.54, 1.807) is 35.2 Å². The maximum absolute atomic E-state index is 12.8. The third kappa shape index (κ3) is 3.52. The van der Waals surface area contributed by atoms with E-state index in [4.69, 9.17) is 16.0 Å². The molecule has 1 N–H and O–H groups in total. The molecule has 4 rings (SSSR count). The molecule has 3 heterocycles. The van der Waals surface area contributed by atoms with Crippen LogP contribution in [0, 0.1) is 0 Å². The number of nitrogens with one attached hydrogen (secondary N) is 1. The molecule has 0 radical (unpaired) electrons.